The van der Waals surface area contributed by atoms with Crippen molar-refractivity contribution in [2.75, 3.05) is 31.1 Å². The van der Waals surface area contributed by atoms with E-state index in [1.807, 2.05) is 34.9 Å². The number of rotatable bonds is 9. The fourth-order valence-corrected chi connectivity index (χ4v) is 11.2. The van der Waals surface area contributed by atoms with Gasteiger partial charge in [-0.2, -0.15) is 0 Å². The Bertz CT molecular complexity index is 1240. The van der Waals surface area contributed by atoms with Crippen molar-refractivity contribution in [3.63, 3.8) is 0 Å². The van der Waals surface area contributed by atoms with Gasteiger partial charge in [-0.3, -0.25) is 19.3 Å². The first-order valence-electron chi connectivity index (χ1n) is 18.0. The van der Waals surface area contributed by atoms with Crippen molar-refractivity contribution in [1.82, 2.24) is 15.1 Å². The van der Waals surface area contributed by atoms with E-state index in [0.29, 0.717) is 66.9 Å². The second-order valence-electron chi connectivity index (χ2n) is 16.0. The number of nitrogens with zero attached hydrogens (tertiary/aromatic N) is 3. The number of fused-ring (bicyclic) bond motifs is 2. The van der Waals surface area contributed by atoms with Crippen LogP contribution in [0.5, 0.6) is 0 Å². The molecule has 3 amide bonds. The average molecular weight is 637 g/mol. The van der Waals surface area contributed by atoms with E-state index >= 15 is 0 Å². The van der Waals surface area contributed by atoms with Crippen molar-refractivity contribution >= 4 is 35.0 Å². The zero-order valence-corrected chi connectivity index (χ0v) is 28.2. The number of anilines is 1. The van der Waals surface area contributed by atoms with Gasteiger partial charge >= 0.3 is 0 Å². The lowest BCUT2D eigenvalue weighted by Crippen LogP contribution is -2.52. The minimum absolute atomic E-state index is 0.0744. The lowest BCUT2D eigenvalue weighted by Gasteiger charge is -2.56. The minimum Gasteiger partial charge on any atom is -0.353 e. The van der Waals surface area contributed by atoms with Crippen LogP contribution in [0.2, 0.25) is 5.02 Å². The second-order valence-corrected chi connectivity index (χ2v) is 16.4. The Kier molecular flexibility index (Phi) is 8.97. The molecule has 8 rings (SSSR count). The van der Waals surface area contributed by atoms with E-state index in [4.69, 9.17) is 11.6 Å². The molecule has 7 fully saturated rings. The van der Waals surface area contributed by atoms with E-state index in [-0.39, 0.29) is 17.7 Å². The van der Waals surface area contributed by atoms with E-state index in [1.165, 1.54) is 51.4 Å². The molecule has 7 aliphatic rings. The molecule has 4 saturated carbocycles. The highest BCUT2D eigenvalue weighted by atomic mass is 35.5. The fourth-order valence-electron chi connectivity index (χ4n) is 11.1. The molecule has 45 heavy (non-hydrogen) atoms. The van der Waals surface area contributed by atoms with Crippen LogP contribution in [0.1, 0.15) is 102 Å². The van der Waals surface area contributed by atoms with Gasteiger partial charge in [0.1, 0.15) is 0 Å². The van der Waals surface area contributed by atoms with Gasteiger partial charge in [-0.15, -0.1) is 0 Å². The van der Waals surface area contributed by atoms with Crippen molar-refractivity contribution in [2.24, 2.45) is 29.1 Å². The van der Waals surface area contributed by atoms with Crippen LogP contribution in [0, 0.1) is 36.0 Å². The summed E-state index contributed by atoms with van der Waals surface area (Å²) in [4.78, 5) is 45.6. The van der Waals surface area contributed by atoms with Gasteiger partial charge < -0.3 is 15.1 Å². The number of hydrogen-bond donors (Lipinski definition) is 1. The number of aryl methyl sites for hydroxylation is 1. The van der Waals surface area contributed by atoms with Crippen LogP contribution >= 0.6 is 11.6 Å². The summed E-state index contributed by atoms with van der Waals surface area (Å²) in [5.74, 6) is 3.14. The zero-order chi connectivity index (χ0) is 31.3. The molecule has 7 nitrogen and oxygen atoms in total. The number of amides is 3. The van der Waals surface area contributed by atoms with Crippen LogP contribution in [-0.4, -0.2) is 71.8 Å². The number of halogens is 1. The monoisotopic (exact) mass is 636 g/mol. The minimum atomic E-state index is -0.0744. The molecular weight excluding hydrogens is 584 g/mol. The van der Waals surface area contributed by atoms with Crippen LogP contribution < -0.4 is 10.2 Å². The van der Waals surface area contributed by atoms with Crippen LogP contribution in [0.15, 0.2) is 18.2 Å². The number of nitrogens with one attached hydrogen (secondary N) is 1. The normalized spacial score (nSPS) is 34.2. The number of benzene rings is 1. The molecule has 2 atom stereocenters. The third-order valence-electron chi connectivity index (χ3n) is 12.8. The van der Waals surface area contributed by atoms with Crippen molar-refractivity contribution in [3.8, 4) is 0 Å². The van der Waals surface area contributed by atoms with E-state index in [2.05, 4.69) is 10.2 Å². The molecule has 3 aliphatic heterocycles. The molecule has 0 radical (unpaired) electrons. The SMILES string of the molecule is CC(=O)N1CCC(C(=O)N(CCCN2C3CCC2CC(NC(=O)CC24CC5CC(CC(C5)C2)C4)C3)c2ccc(C)c(Cl)c2)CC1. The number of piperidine rings is 2. The highest BCUT2D eigenvalue weighted by Crippen LogP contribution is 2.61. The van der Waals surface area contributed by atoms with Crippen molar-refractivity contribution < 1.29 is 14.4 Å². The summed E-state index contributed by atoms with van der Waals surface area (Å²) in [7, 11) is 0. The molecule has 6 bridgehead atoms. The molecule has 0 spiro atoms. The third kappa shape index (κ3) is 6.68. The van der Waals surface area contributed by atoms with Gasteiger partial charge in [-0.1, -0.05) is 17.7 Å². The first-order valence-corrected chi connectivity index (χ1v) is 18.4. The molecule has 0 aromatic heterocycles. The molecule has 8 heteroatoms. The van der Waals surface area contributed by atoms with E-state index in [9.17, 15) is 14.4 Å². The zero-order valence-electron chi connectivity index (χ0n) is 27.4. The van der Waals surface area contributed by atoms with Crippen LogP contribution in [0.3, 0.4) is 0 Å². The predicted octanol–water partition coefficient (Wildman–Crippen LogP) is 6.35. The van der Waals surface area contributed by atoms with Crippen molar-refractivity contribution in [3.05, 3.63) is 28.8 Å². The van der Waals surface area contributed by atoms with E-state index in [0.717, 1.165) is 61.2 Å². The standard InChI is InChI=1S/C37H53ClN4O3/c1-24-4-5-33(19-34(24)38)42(36(45)29-8-12-40(13-9-29)25(2)43)11-3-10-41-31-6-7-32(41)18-30(17-31)39-35(44)23-37-20-26-14-27(21-37)16-28(15-26)22-37/h4-5,19,26-32H,3,6-18,20-23H2,1-2H3,(H,39,44). The smallest absolute Gasteiger partial charge is 0.230 e. The largest absolute Gasteiger partial charge is 0.353 e. The summed E-state index contributed by atoms with van der Waals surface area (Å²) in [6.07, 6.45) is 15.7. The average Bonchev–Trinajstić information content (AvgIpc) is 3.22. The van der Waals surface area contributed by atoms with Gasteiger partial charge in [0.05, 0.1) is 0 Å². The van der Waals surface area contributed by atoms with Crippen LogP contribution in [-0.2, 0) is 14.4 Å². The maximum absolute atomic E-state index is 13.9. The molecule has 1 N–H and O–H groups in total. The number of hydrogen-bond acceptors (Lipinski definition) is 4. The first kappa shape index (κ1) is 31.5. The second kappa shape index (κ2) is 12.8. The molecule has 1 aromatic carbocycles. The molecule has 4 aliphatic carbocycles. The van der Waals surface area contributed by atoms with Crippen LogP contribution in [0.4, 0.5) is 5.69 Å². The molecule has 2 unspecified atom stereocenters. The highest BCUT2D eigenvalue weighted by molar-refractivity contribution is 6.31. The summed E-state index contributed by atoms with van der Waals surface area (Å²) in [6.45, 7) is 6.51. The fraction of sp³-hybridized carbons (Fsp3) is 0.757. The maximum Gasteiger partial charge on any atom is 0.230 e. The summed E-state index contributed by atoms with van der Waals surface area (Å²) in [5.41, 5.74) is 2.17. The molecule has 3 heterocycles. The van der Waals surface area contributed by atoms with Gasteiger partial charge in [0.2, 0.25) is 17.7 Å². The lowest BCUT2D eigenvalue weighted by molar-refractivity contribution is -0.133. The molecule has 3 saturated heterocycles. The summed E-state index contributed by atoms with van der Waals surface area (Å²) in [5, 5.41) is 4.21. The number of carbonyl (C=O) groups excluding carboxylic acids is 3. The Labute approximate surface area is 274 Å². The predicted molar refractivity (Wildman–Crippen MR) is 178 cm³/mol. The molecular formula is C37H53ClN4O3. The summed E-state index contributed by atoms with van der Waals surface area (Å²) < 4.78 is 0. The van der Waals surface area contributed by atoms with E-state index in [1.54, 1.807) is 6.92 Å². The molecule has 246 valence electrons. The topological polar surface area (TPSA) is 73.0 Å². The third-order valence-corrected chi connectivity index (χ3v) is 13.2. The van der Waals surface area contributed by atoms with Gasteiger partial charge in [-0.05, 0) is 131 Å². The van der Waals surface area contributed by atoms with Crippen molar-refractivity contribution in [1.29, 1.82) is 0 Å². The van der Waals surface area contributed by atoms with E-state index < -0.39 is 0 Å². The van der Waals surface area contributed by atoms with Crippen LogP contribution in [0.25, 0.3) is 0 Å². The lowest BCUT2D eigenvalue weighted by atomic mass is 9.49. The first-order chi connectivity index (χ1) is 21.6. The maximum atomic E-state index is 13.9. The Hall–Kier alpha value is -2.12. The molecule has 1 aromatic rings. The highest BCUT2D eigenvalue weighted by Gasteiger charge is 2.51. The number of carbonyl (C=O) groups is 3. The van der Waals surface area contributed by atoms with Gasteiger partial charge in [0.15, 0.2) is 0 Å². The van der Waals surface area contributed by atoms with Crippen molar-refractivity contribution in [2.45, 2.75) is 122 Å². The van der Waals surface area contributed by atoms with Gasteiger partial charge in [0, 0.05) is 74.3 Å². The van der Waals surface area contributed by atoms with Gasteiger partial charge in [0.25, 0.3) is 0 Å². The quantitative estimate of drug-likeness (QED) is 0.343. The summed E-state index contributed by atoms with van der Waals surface area (Å²) in [6, 6.07) is 7.28. The van der Waals surface area contributed by atoms with Gasteiger partial charge in [-0.25, -0.2) is 0 Å². The Morgan fingerprint density at radius 1 is 0.933 bits per heavy atom. The summed E-state index contributed by atoms with van der Waals surface area (Å²) >= 11 is 6.52. The Morgan fingerprint density at radius 3 is 2.13 bits per heavy atom. The Balaban J connectivity index is 0.932. The Morgan fingerprint density at radius 2 is 1.56 bits per heavy atom. The number of likely N-dealkylation sites (tertiary alicyclic amines) is 1.